The minimum atomic E-state index is 0. The second kappa shape index (κ2) is 23.9. The molecule has 0 fully saturated rings. The molecule has 0 saturated carbocycles. The smallest absolute Gasteiger partial charge is 0.164 e. The average molecular weight is 852 g/mol. The van der Waals surface area contributed by atoms with Crippen LogP contribution < -0.4 is 0 Å². The summed E-state index contributed by atoms with van der Waals surface area (Å²) in [5.74, 6) is 0. The molecule has 0 heterocycles. The Kier molecular flexibility index (Phi) is 18.4. The van der Waals surface area contributed by atoms with Crippen LogP contribution >= 0.6 is 0 Å². The van der Waals surface area contributed by atoms with Crippen molar-refractivity contribution in [2.45, 2.75) is 91.1 Å². The van der Waals surface area contributed by atoms with Crippen molar-refractivity contribution in [2.75, 3.05) is 0 Å². The molecule has 0 nitrogen and oxygen atoms in total. The molecule has 0 aliphatic heterocycles. The Balaban J connectivity index is 0.000000204. The first kappa shape index (κ1) is 44.7. The SMILES string of the molecule is CCCCCCc1cc2c(-c3ccccc3)ccc(-c3ccccc3)c2[cH-]1.CCCCCCc1cc2c(-c3ccccc3)ccc(-c3ccccc3)c2[cH-]1.C[Si]C.[Zr+2]. The van der Waals surface area contributed by atoms with Crippen molar-refractivity contribution in [2.24, 2.45) is 0 Å². The molecule has 2 radical (unpaired) electrons. The molecule has 0 saturated heterocycles. The Hall–Kier alpha value is -4.36. The second-order valence-corrected chi connectivity index (χ2v) is 16.3. The van der Waals surface area contributed by atoms with Gasteiger partial charge in [-0.15, -0.1) is 44.8 Å². The Labute approximate surface area is 371 Å². The van der Waals surface area contributed by atoms with Crippen molar-refractivity contribution in [3.63, 3.8) is 0 Å². The van der Waals surface area contributed by atoms with Gasteiger partial charge in [-0.2, -0.15) is 12.1 Å². The second-order valence-electron chi connectivity index (χ2n) is 15.3. The maximum absolute atomic E-state index is 2.43. The van der Waals surface area contributed by atoms with Crippen molar-refractivity contribution >= 4 is 31.1 Å². The predicted molar refractivity (Wildman–Crippen MR) is 254 cm³/mol. The molecule has 0 aliphatic carbocycles. The molecule has 0 aliphatic rings. The van der Waals surface area contributed by atoms with Crippen molar-refractivity contribution < 1.29 is 26.2 Å². The zero-order valence-corrected chi connectivity index (χ0v) is 38.7. The minimum absolute atomic E-state index is 0. The Bertz CT molecular complexity index is 2030. The van der Waals surface area contributed by atoms with Gasteiger partial charge in [0, 0.05) is 9.52 Å². The summed E-state index contributed by atoms with van der Waals surface area (Å²) in [4.78, 5) is 0. The molecule has 0 N–H and O–H groups in total. The first-order chi connectivity index (χ1) is 28.1. The van der Waals surface area contributed by atoms with Crippen LogP contribution in [0, 0.1) is 0 Å². The summed E-state index contributed by atoms with van der Waals surface area (Å²) >= 11 is 0. The number of rotatable bonds is 14. The van der Waals surface area contributed by atoms with Gasteiger partial charge in [-0.05, 0) is 24.0 Å². The van der Waals surface area contributed by atoms with Gasteiger partial charge >= 0.3 is 26.2 Å². The topological polar surface area (TPSA) is 0 Å². The molecule has 2 heteroatoms. The van der Waals surface area contributed by atoms with Crippen molar-refractivity contribution in [1.82, 2.24) is 0 Å². The number of fused-ring (bicyclic) bond motifs is 2. The van der Waals surface area contributed by atoms with Crippen molar-refractivity contribution in [3.8, 4) is 44.5 Å². The van der Waals surface area contributed by atoms with Gasteiger partial charge in [-0.1, -0.05) is 257 Å². The summed E-state index contributed by atoms with van der Waals surface area (Å²) < 4.78 is 0. The van der Waals surface area contributed by atoms with Crippen LogP contribution in [0.4, 0.5) is 0 Å². The fraction of sp³-hybridized carbons (Fsp3) is 0.250. The number of hydrogen-bond donors (Lipinski definition) is 0. The van der Waals surface area contributed by atoms with Gasteiger partial charge in [0.15, 0.2) is 0 Å². The Morgan fingerprint density at radius 3 is 0.983 bits per heavy atom. The molecule has 8 rings (SSSR count). The monoisotopic (exact) mass is 850 g/mol. The molecule has 8 aromatic carbocycles. The van der Waals surface area contributed by atoms with E-state index in [-0.39, 0.29) is 26.2 Å². The van der Waals surface area contributed by atoms with Gasteiger partial charge < -0.3 is 0 Å². The van der Waals surface area contributed by atoms with Crippen LogP contribution in [0.3, 0.4) is 0 Å². The molecule has 0 bridgehead atoms. The fourth-order valence-corrected chi connectivity index (χ4v) is 8.00. The summed E-state index contributed by atoms with van der Waals surface area (Å²) in [7, 11) is 1.08. The zero-order valence-electron chi connectivity index (χ0n) is 35.2. The standard InChI is InChI=1S/2C27H27.C2H6Si.Zr/c2*1-2-3-4-7-12-21-19-26-24(22-13-8-5-9-14-22)17-18-25(27(26)20-21)23-15-10-6-11-16-23;1-3-2;/h2*5-6,8-11,13-20H,2-4,7,12H2,1H3;1-2H3;/q2*-1;;+2. The zero-order chi connectivity index (χ0) is 39.7. The molecule has 0 amide bonds. The molecule has 0 unspecified atom stereocenters. The number of unbranched alkanes of at least 4 members (excludes halogenated alkanes) is 6. The van der Waals surface area contributed by atoms with Crippen LogP contribution in [-0.2, 0) is 39.0 Å². The van der Waals surface area contributed by atoms with Gasteiger partial charge in [0.05, 0.1) is 0 Å². The van der Waals surface area contributed by atoms with E-state index in [0.29, 0.717) is 0 Å². The number of hydrogen-bond acceptors (Lipinski definition) is 0. The van der Waals surface area contributed by atoms with Gasteiger partial charge in [-0.3, -0.25) is 0 Å². The third kappa shape index (κ3) is 11.9. The number of benzene rings is 6. The maximum Gasteiger partial charge on any atom is 2.00 e. The molecule has 8 aromatic rings. The number of aryl methyl sites for hydroxylation is 2. The van der Waals surface area contributed by atoms with Gasteiger partial charge in [0.1, 0.15) is 0 Å². The van der Waals surface area contributed by atoms with Gasteiger partial charge in [0.25, 0.3) is 0 Å². The van der Waals surface area contributed by atoms with E-state index in [1.54, 1.807) is 0 Å². The molecular weight excluding hydrogens is 792 g/mol. The van der Waals surface area contributed by atoms with E-state index in [0.717, 1.165) is 9.52 Å². The average Bonchev–Trinajstić information content (AvgIpc) is 3.90. The molecule has 0 atom stereocenters. The van der Waals surface area contributed by atoms with E-state index >= 15 is 0 Å². The summed E-state index contributed by atoms with van der Waals surface area (Å²) in [6, 6.07) is 61.9. The third-order valence-corrected chi connectivity index (χ3v) is 10.9. The minimum Gasteiger partial charge on any atom is -0.164 e. The van der Waals surface area contributed by atoms with E-state index in [9.17, 15) is 0 Å². The summed E-state index contributed by atoms with van der Waals surface area (Å²) in [5.41, 5.74) is 13.5. The molecule has 0 aromatic heterocycles. The predicted octanol–water partition coefficient (Wildman–Crippen LogP) is 16.8. The molecule has 58 heavy (non-hydrogen) atoms. The first-order valence-corrected chi connectivity index (χ1v) is 23.4. The van der Waals surface area contributed by atoms with Crippen LogP contribution in [0.15, 0.2) is 170 Å². The van der Waals surface area contributed by atoms with Crippen LogP contribution in [0.5, 0.6) is 0 Å². The summed E-state index contributed by atoms with van der Waals surface area (Å²) in [6.07, 6.45) is 12.8. The largest absolute Gasteiger partial charge is 2.00 e. The van der Waals surface area contributed by atoms with E-state index < -0.39 is 0 Å². The van der Waals surface area contributed by atoms with Gasteiger partial charge in [0.2, 0.25) is 0 Å². The van der Waals surface area contributed by atoms with Gasteiger partial charge in [-0.25, -0.2) is 0 Å². The van der Waals surface area contributed by atoms with Crippen LogP contribution in [0.1, 0.15) is 76.3 Å². The summed E-state index contributed by atoms with van der Waals surface area (Å²) in [6.45, 7) is 8.85. The quantitative estimate of drug-likeness (QED) is 0.0581. The normalized spacial score (nSPS) is 10.7. The first-order valence-electron chi connectivity index (χ1n) is 21.4. The van der Waals surface area contributed by atoms with Crippen LogP contribution in [-0.4, -0.2) is 9.52 Å². The molecule has 0 spiro atoms. The van der Waals surface area contributed by atoms with Crippen LogP contribution in [0.25, 0.3) is 66.1 Å². The molecular formula is C56H60SiZr. The third-order valence-electron chi connectivity index (χ3n) is 10.9. The van der Waals surface area contributed by atoms with Crippen molar-refractivity contribution in [1.29, 1.82) is 0 Å². The van der Waals surface area contributed by atoms with E-state index in [1.807, 2.05) is 0 Å². The van der Waals surface area contributed by atoms with E-state index in [1.165, 1.54) is 141 Å². The summed E-state index contributed by atoms with van der Waals surface area (Å²) in [5, 5.41) is 5.53. The fourth-order valence-electron chi connectivity index (χ4n) is 8.00. The van der Waals surface area contributed by atoms with E-state index in [4.69, 9.17) is 0 Å². The maximum atomic E-state index is 2.43. The Morgan fingerprint density at radius 2 is 0.672 bits per heavy atom. The van der Waals surface area contributed by atoms with E-state index in [2.05, 4.69) is 197 Å². The molecule has 292 valence electrons. The Morgan fingerprint density at radius 1 is 0.379 bits per heavy atom. The van der Waals surface area contributed by atoms with Crippen molar-refractivity contribution in [3.05, 3.63) is 181 Å². The van der Waals surface area contributed by atoms with Crippen LogP contribution in [0.2, 0.25) is 13.1 Å².